The molecule has 5 heteroatoms. The second kappa shape index (κ2) is 5.55. The minimum Gasteiger partial charge on any atom is -0.389 e. The van der Waals surface area contributed by atoms with E-state index in [9.17, 15) is 0 Å². The third kappa shape index (κ3) is 3.01. The van der Waals surface area contributed by atoms with E-state index in [1.807, 2.05) is 31.2 Å². The average Bonchev–Trinajstić information content (AvgIpc) is 2.37. The first kappa shape index (κ1) is 12.4. The highest BCUT2D eigenvalue weighted by molar-refractivity contribution is 7.80. The zero-order chi connectivity index (χ0) is 13.0. The number of aromatic nitrogens is 2. The Labute approximate surface area is 111 Å². The smallest absolute Gasteiger partial charge is 0.136 e. The van der Waals surface area contributed by atoms with Gasteiger partial charge in [-0.2, -0.15) is 0 Å². The molecule has 3 N–H and O–H groups in total. The zero-order valence-corrected chi connectivity index (χ0v) is 10.9. The van der Waals surface area contributed by atoms with Gasteiger partial charge in [-0.05, 0) is 36.8 Å². The summed E-state index contributed by atoms with van der Waals surface area (Å²) >= 11 is 5.01. The Morgan fingerprint density at radius 3 is 2.67 bits per heavy atom. The van der Waals surface area contributed by atoms with E-state index in [0.717, 1.165) is 22.6 Å². The van der Waals surface area contributed by atoms with Crippen molar-refractivity contribution >= 4 is 23.0 Å². The SMILES string of the molecule is Cc1ccc(C(N)=S)c(NCc2ccncc2)n1. The zero-order valence-electron chi connectivity index (χ0n) is 10.1. The molecule has 0 aromatic carbocycles. The second-order valence-corrected chi connectivity index (χ2v) is 4.36. The Hall–Kier alpha value is -2.01. The molecule has 2 aromatic rings. The van der Waals surface area contributed by atoms with Gasteiger partial charge in [-0.3, -0.25) is 4.98 Å². The van der Waals surface area contributed by atoms with Crippen LogP contribution in [0.3, 0.4) is 0 Å². The number of thiocarbonyl (C=S) groups is 1. The number of hydrogen-bond donors (Lipinski definition) is 2. The summed E-state index contributed by atoms with van der Waals surface area (Å²) in [6.45, 7) is 2.59. The van der Waals surface area contributed by atoms with Crippen LogP contribution < -0.4 is 11.1 Å². The number of aryl methyl sites for hydroxylation is 1. The molecule has 0 saturated carbocycles. The summed E-state index contributed by atoms with van der Waals surface area (Å²) in [5.41, 5.74) is 8.49. The van der Waals surface area contributed by atoms with E-state index in [4.69, 9.17) is 18.0 Å². The van der Waals surface area contributed by atoms with Gasteiger partial charge in [0.2, 0.25) is 0 Å². The van der Waals surface area contributed by atoms with Gasteiger partial charge in [0.25, 0.3) is 0 Å². The van der Waals surface area contributed by atoms with Crippen molar-refractivity contribution in [2.75, 3.05) is 5.32 Å². The molecular formula is C13H14N4S. The molecular weight excluding hydrogens is 244 g/mol. The first-order valence-corrected chi connectivity index (χ1v) is 5.98. The lowest BCUT2D eigenvalue weighted by molar-refractivity contribution is 1.08. The Morgan fingerprint density at radius 2 is 2.00 bits per heavy atom. The molecule has 18 heavy (non-hydrogen) atoms. The average molecular weight is 258 g/mol. The monoisotopic (exact) mass is 258 g/mol. The first-order valence-electron chi connectivity index (χ1n) is 5.57. The molecule has 0 radical (unpaired) electrons. The maximum Gasteiger partial charge on any atom is 0.136 e. The summed E-state index contributed by atoms with van der Waals surface area (Å²) in [4.78, 5) is 8.74. The van der Waals surface area contributed by atoms with Gasteiger partial charge in [0.1, 0.15) is 10.8 Å². The molecule has 0 fully saturated rings. The van der Waals surface area contributed by atoms with Gasteiger partial charge in [-0.15, -0.1) is 0 Å². The summed E-state index contributed by atoms with van der Waals surface area (Å²) in [6, 6.07) is 7.68. The Morgan fingerprint density at radius 1 is 1.28 bits per heavy atom. The van der Waals surface area contributed by atoms with Crippen LogP contribution in [0.2, 0.25) is 0 Å². The fourth-order valence-corrected chi connectivity index (χ4v) is 1.74. The van der Waals surface area contributed by atoms with Crippen LogP contribution in [0.4, 0.5) is 5.82 Å². The van der Waals surface area contributed by atoms with Crippen molar-refractivity contribution in [1.82, 2.24) is 9.97 Å². The van der Waals surface area contributed by atoms with Crippen molar-refractivity contribution in [3.05, 3.63) is 53.5 Å². The minimum absolute atomic E-state index is 0.347. The topological polar surface area (TPSA) is 63.8 Å². The lowest BCUT2D eigenvalue weighted by Gasteiger charge is -2.10. The molecule has 0 bridgehead atoms. The molecule has 0 atom stereocenters. The highest BCUT2D eigenvalue weighted by Crippen LogP contribution is 2.14. The van der Waals surface area contributed by atoms with Crippen molar-refractivity contribution < 1.29 is 0 Å². The molecule has 92 valence electrons. The molecule has 0 spiro atoms. The minimum atomic E-state index is 0.347. The summed E-state index contributed by atoms with van der Waals surface area (Å²) in [5, 5.41) is 3.25. The van der Waals surface area contributed by atoms with E-state index in [1.165, 1.54) is 0 Å². The molecule has 4 nitrogen and oxygen atoms in total. The van der Waals surface area contributed by atoms with E-state index in [-0.39, 0.29) is 0 Å². The number of pyridine rings is 2. The van der Waals surface area contributed by atoms with Crippen molar-refractivity contribution in [2.45, 2.75) is 13.5 Å². The van der Waals surface area contributed by atoms with Crippen LogP contribution in [-0.4, -0.2) is 15.0 Å². The van der Waals surface area contributed by atoms with E-state index in [0.29, 0.717) is 11.5 Å². The Bertz CT molecular complexity index is 554. The highest BCUT2D eigenvalue weighted by atomic mass is 32.1. The standard InChI is InChI=1S/C13H14N4S/c1-9-2-3-11(12(14)18)13(17-9)16-8-10-4-6-15-7-5-10/h2-7H,8H2,1H3,(H2,14,18)(H,16,17). The van der Waals surface area contributed by atoms with Crippen LogP contribution in [0, 0.1) is 6.92 Å². The summed E-state index contributed by atoms with van der Waals surface area (Å²) in [5.74, 6) is 0.722. The van der Waals surface area contributed by atoms with Crippen LogP contribution in [-0.2, 0) is 6.54 Å². The van der Waals surface area contributed by atoms with Gasteiger partial charge in [0, 0.05) is 24.6 Å². The van der Waals surface area contributed by atoms with Gasteiger partial charge >= 0.3 is 0 Å². The molecule has 0 unspecified atom stereocenters. The van der Waals surface area contributed by atoms with Crippen LogP contribution in [0.1, 0.15) is 16.8 Å². The van der Waals surface area contributed by atoms with Crippen LogP contribution in [0.25, 0.3) is 0 Å². The molecule has 2 rings (SSSR count). The summed E-state index contributed by atoms with van der Waals surface area (Å²) < 4.78 is 0. The van der Waals surface area contributed by atoms with Crippen molar-refractivity contribution in [3.63, 3.8) is 0 Å². The maximum atomic E-state index is 5.68. The number of rotatable bonds is 4. The van der Waals surface area contributed by atoms with Crippen molar-refractivity contribution in [3.8, 4) is 0 Å². The predicted molar refractivity (Wildman–Crippen MR) is 76.4 cm³/mol. The first-order chi connectivity index (χ1) is 8.66. The van der Waals surface area contributed by atoms with Crippen LogP contribution >= 0.6 is 12.2 Å². The highest BCUT2D eigenvalue weighted by Gasteiger charge is 2.06. The number of nitrogens with zero attached hydrogens (tertiary/aromatic N) is 2. The largest absolute Gasteiger partial charge is 0.389 e. The number of nitrogens with two attached hydrogens (primary N) is 1. The van der Waals surface area contributed by atoms with Crippen LogP contribution in [0.15, 0.2) is 36.7 Å². The molecule has 0 saturated heterocycles. The number of anilines is 1. The Kier molecular flexibility index (Phi) is 3.84. The van der Waals surface area contributed by atoms with Gasteiger partial charge in [-0.25, -0.2) is 4.98 Å². The van der Waals surface area contributed by atoms with Gasteiger partial charge in [-0.1, -0.05) is 12.2 Å². The summed E-state index contributed by atoms with van der Waals surface area (Å²) in [6.07, 6.45) is 3.52. The molecule has 0 aliphatic heterocycles. The third-order valence-corrected chi connectivity index (χ3v) is 2.73. The molecule has 2 aromatic heterocycles. The fourth-order valence-electron chi connectivity index (χ4n) is 1.58. The quantitative estimate of drug-likeness (QED) is 0.822. The third-order valence-electron chi connectivity index (χ3n) is 2.51. The second-order valence-electron chi connectivity index (χ2n) is 3.92. The fraction of sp³-hybridized carbons (Fsp3) is 0.154. The number of hydrogen-bond acceptors (Lipinski definition) is 4. The predicted octanol–water partition coefficient (Wildman–Crippen LogP) is 2.03. The maximum absolute atomic E-state index is 5.68. The number of nitrogens with one attached hydrogen (secondary N) is 1. The lowest BCUT2D eigenvalue weighted by atomic mass is 10.2. The van der Waals surface area contributed by atoms with E-state index in [1.54, 1.807) is 12.4 Å². The van der Waals surface area contributed by atoms with Gasteiger partial charge < -0.3 is 11.1 Å². The molecule has 0 aliphatic carbocycles. The van der Waals surface area contributed by atoms with E-state index in [2.05, 4.69) is 15.3 Å². The summed E-state index contributed by atoms with van der Waals surface area (Å²) in [7, 11) is 0. The molecule has 2 heterocycles. The van der Waals surface area contributed by atoms with Gasteiger partial charge in [0.05, 0.1) is 5.56 Å². The molecule has 0 amide bonds. The van der Waals surface area contributed by atoms with Crippen LogP contribution in [0.5, 0.6) is 0 Å². The molecule has 0 aliphatic rings. The Balaban J connectivity index is 2.18. The van der Waals surface area contributed by atoms with Crippen molar-refractivity contribution in [1.29, 1.82) is 0 Å². The lowest BCUT2D eigenvalue weighted by Crippen LogP contribution is -2.14. The van der Waals surface area contributed by atoms with E-state index < -0.39 is 0 Å². The van der Waals surface area contributed by atoms with Gasteiger partial charge in [0.15, 0.2) is 0 Å². The van der Waals surface area contributed by atoms with E-state index >= 15 is 0 Å². The normalized spacial score (nSPS) is 10.1. The van der Waals surface area contributed by atoms with Crippen molar-refractivity contribution in [2.24, 2.45) is 5.73 Å².